The third kappa shape index (κ3) is 4.37. The number of hydrogen-bond acceptors (Lipinski definition) is 7. The molecule has 32 heavy (non-hydrogen) atoms. The highest BCUT2D eigenvalue weighted by Gasteiger charge is 2.32. The fourth-order valence-electron chi connectivity index (χ4n) is 4.70. The SMILES string of the molecule is Cc1cc(N2CCN(C)CC2)nc(N2CCN(C(=O)C3CCc4ccccc4O3)CC2)n1. The van der Waals surface area contributed by atoms with Crippen molar-refractivity contribution in [3.8, 4) is 5.75 Å². The van der Waals surface area contributed by atoms with Gasteiger partial charge in [0.1, 0.15) is 11.6 Å². The van der Waals surface area contributed by atoms with Gasteiger partial charge in [0.2, 0.25) is 5.95 Å². The minimum atomic E-state index is -0.379. The Morgan fingerprint density at radius 1 is 0.969 bits per heavy atom. The molecule has 0 saturated carbocycles. The van der Waals surface area contributed by atoms with Gasteiger partial charge in [-0.25, -0.2) is 4.98 Å². The zero-order valence-corrected chi connectivity index (χ0v) is 19.0. The fraction of sp³-hybridized carbons (Fsp3) is 0.542. The standard InChI is InChI=1S/C24H32N6O2/c1-18-17-22(28-11-9-27(2)10-12-28)26-24(25-18)30-15-13-29(14-16-30)23(31)21-8-7-19-5-3-4-6-20(19)32-21/h3-6,17,21H,7-16H2,1-2H3. The van der Waals surface area contributed by atoms with Crippen LogP contribution in [-0.4, -0.2) is 91.2 Å². The third-order valence-corrected chi connectivity index (χ3v) is 6.72. The van der Waals surface area contributed by atoms with Crippen LogP contribution in [0, 0.1) is 6.92 Å². The van der Waals surface area contributed by atoms with E-state index in [9.17, 15) is 4.79 Å². The highest BCUT2D eigenvalue weighted by molar-refractivity contribution is 5.82. The molecule has 8 heteroatoms. The topological polar surface area (TPSA) is 65.0 Å². The van der Waals surface area contributed by atoms with Crippen molar-refractivity contribution in [2.45, 2.75) is 25.9 Å². The molecular weight excluding hydrogens is 404 g/mol. The lowest BCUT2D eigenvalue weighted by Crippen LogP contribution is -2.53. The number of aromatic nitrogens is 2. The summed E-state index contributed by atoms with van der Waals surface area (Å²) in [5.41, 5.74) is 2.17. The summed E-state index contributed by atoms with van der Waals surface area (Å²) in [7, 11) is 2.16. The molecule has 8 nitrogen and oxygen atoms in total. The van der Waals surface area contributed by atoms with Crippen LogP contribution < -0.4 is 14.5 Å². The number of carbonyl (C=O) groups excluding carboxylic acids is 1. The van der Waals surface area contributed by atoms with E-state index in [-0.39, 0.29) is 12.0 Å². The number of rotatable bonds is 3. The molecule has 5 rings (SSSR count). The van der Waals surface area contributed by atoms with Gasteiger partial charge in [0, 0.05) is 64.1 Å². The summed E-state index contributed by atoms with van der Waals surface area (Å²) in [5, 5.41) is 0. The van der Waals surface area contributed by atoms with Crippen molar-refractivity contribution < 1.29 is 9.53 Å². The van der Waals surface area contributed by atoms with Crippen molar-refractivity contribution in [3.63, 3.8) is 0 Å². The summed E-state index contributed by atoms with van der Waals surface area (Å²) in [6.45, 7) is 8.91. The Morgan fingerprint density at radius 3 is 2.47 bits per heavy atom. The second kappa shape index (κ2) is 8.94. The average molecular weight is 437 g/mol. The van der Waals surface area contributed by atoms with Crippen LogP contribution in [0.15, 0.2) is 30.3 Å². The van der Waals surface area contributed by atoms with Gasteiger partial charge < -0.3 is 24.3 Å². The molecule has 1 aromatic heterocycles. The highest BCUT2D eigenvalue weighted by Crippen LogP contribution is 2.28. The maximum absolute atomic E-state index is 13.1. The van der Waals surface area contributed by atoms with Crippen molar-refractivity contribution in [1.29, 1.82) is 0 Å². The highest BCUT2D eigenvalue weighted by atomic mass is 16.5. The van der Waals surface area contributed by atoms with Crippen molar-refractivity contribution in [3.05, 3.63) is 41.6 Å². The molecule has 1 unspecified atom stereocenters. The number of benzene rings is 1. The number of nitrogens with zero attached hydrogens (tertiary/aromatic N) is 6. The van der Waals surface area contributed by atoms with Crippen LogP contribution in [0.5, 0.6) is 5.75 Å². The van der Waals surface area contributed by atoms with Gasteiger partial charge in [0.05, 0.1) is 0 Å². The fourth-order valence-corrected chi connectivity index (χ4v) is 4.70. The van der Waals surface area contributed by atoms with Crippen LogP contribution in [0.25, 0.3) is 0 Å². The Kier molecular flexibility index (Phi) is 5.87. The van der Waals surface area contributed by atoms with Crippen LogP contribution in [-0.2, 0) is 11.2 Å². The number of likely N-dealkylation sites (N-methyl/N-ethyl adjacent to an activating group) is 1. The van der Waals surface area contributed by atoms with E-state index in [1.165, 1.54) is 5.56 Å². The van der Waals surface area contributed by atoms with E-state index >= 15 is 0 Å². The predicted molar refractivity (Wildman–Crippen MR) is 124 cm³/mol. The Balaban J connectivity index is 1.21. The zero-order chi connectivity index (χ0) is 22.1. The lowest BCUT2D eigenvalue weighted by Gasteiger charge is -2.38. The van der Waals surface area contributed by atoms with Gasteiger partial charge in [-0.15, -0.1) is 0 Å². The number of hydrogen-bond donors (Lipinski definition) is 0. The second-order valence-corrected chi connectivity index (χ2v) is 9.02. The van der Waals surface area contributed by atoms with Gasteiger partial charge in [-0.2, -0.15) is 4.98 Å². The first kappa shape index (κ1) is 21.0. The van der Waals surface area contributed by atoms with E-state index in [2.05, 4.69) is 33.9 Å². The summed E-state index contributed by atoms with van der Waals surface area (Å²) in [4.78, 5) is 31.5. The van der Waals surface area contributed by atoms with E-state index in [1.807, 2.05) is 30.0 Å². The molecule has 2 saturated heterocycles. The molecule has 170 valence electrons. The molecular formula is C24H32N6O2. The van der Waals surface area contributed by atoms with Gasteiger partial charge in [-0.1, -0.05) is 18.2 Å². The largest absolute Gasteiger partial charge is 0.480 e. The molecule has 2 fully saturated rings. The number of carbonyl (C=O) groups is 1. The van der Waals surface area contributed by atoms with Crippen LogP contribution in [0.1, 0.15) is 17.7 Å². The smallest absolute Gasteiger partial charge is 0.263 e. The van der Waals surface area contributed by atoms with Gasteiger partial charge in [0.15, 0.2) is 6.10 Å². The molecule has 0 radical (unpaired) electrons. The normalized spacial score (nSPS) is 21.8. The van der Waals surface area contributed by atoms with Crippen molar-refractivity contribution in [2.24, 2.45) is 0 Å². The summed E-state index contributed by atoms with van der Waals surface area (Å²) in [6, 6.07) is 10.1. The molecule has 3 aliphatic rings. The van der Waals surface area contributed by atoms with E-state index in [0.717, 1.165) is 75.3 Å². The van der Waals surface area contributed by atoms with E-state index in [1.54, 1.807) is 0 Å². The maximum Gasteiger partial charge on any atom is 0.263 e. The lowest BCUT2D eigenvalue weighted by molar-refractivity contribution is -0.139. The molecule has 0 spiro atoms. The first-order valence-electron chi connectivity index (χ1n) is 11.6. The van der Waals surface area contributed by atoms with Crippen molar-refractivity contribution in [1.82, 2.24) is 19.8 Å². The molecule has 3 aliphatic heterocycles. The Morgan fingerprint density at radius 2 is 1.69 bits per heavy atom. The summed E-state index contributed by atoms with van der Waals surface area (Å²) >= 11 is 0. The van der Waals surface area contributed by atoms with Crippen LogP contribution in [0.3, 0.4) is 0 Å². The Hall–Kier alpha value is -2.87. The molecule has 1 amide bonds. The number of para-hydroxylation sites is 1. The van der Waals surface area contributed by atoms with E-state index < -0.39 is 0 Å². The first-order chi connectivity index (χ1) is 15.6. The van der Waals surface area contributed by atoms with Gasteiger partial charge in [0.25, 0.3) is 5.91 Å². The number of ether oxygens (including phenoxy) is 1. The zero-order valence-electron chi connectivity index (χ0n) is 19.0. The predicted octanol–water partition coefficient (Wildman–Crippen LogP) is 1.58. The molecule has 2 aromatic rings. The molecule has 0 bridgehead atoms. The van der Waals surface area contributed by atoms with Crippen molar-refractivity contribution in [2.75, 3.05) is 69.2 Å². The first-order valence-corrected chi connectivity index (χ1v) is 11.6. The van der Waals surface area contributed by atoms with Crippen molar-refractivity contribution >= 4 is 17.7 Å². The lowest BCUT2D eigenvalue weighted by atomic mass is 10.0. The van der Waals surface area contributed by atoms with Gasteiger partial charge >= 0.3 is 0 Å². The summed E-state index contributed by atoms with van der Waals surface area (Å²) in [6.07, 6.45) is 1.25. The molecule has 0 N–H and O–H groups in total. The maximum atomic E-state index is 13.1. The van der Waals surface area contributed by atoms with Gasteiger partial charge in [-0.3, -0.25) is 4.79 Å². The number of fused-ring (bicyclic) bond motifs is 1. The van der Waals surface area contributed by atoms with Crippen LogP contribution in [0.2, 0.25) is 0 Å². The summed E-state index contributed by atoms with van der Waals surface area (Å²) in [5.74, 6) is 2.73. The quantitative estimate of drug-likeness (QED) is 0.724. The average Bonchev–Trinajstić information content (AvgIpc) is 2.83. The van der Waals surface area contributed by atoms with E-state index in [4.69, 9.17) is 14.7 Å². The minimum Gasteiger partial charge on any atom is -0.480 e. The Labute approximate surface area is 189 Å². The second-order valence-electron chi connectivity index (χ2n) is 9.02. The summed E-state index contributed by atoms with van der Waals surface area (Å²) < 4.78 is 6.03. The third-order valence-electron chi connectivity index (χ3n) is 6.72. The Bertz CT molecular complexity index is 967. The number of aryl methyl sites for hydroxylation is 2. The molecule has 1 atom stereocenters. The van der Waals surface area contributed by atoms with Gasteiger partial charge in [-0.05, 0) is 38.4 Å². The van der Waals surface area contributed by atoms with Crippen LogP contribution >= 0.6 is 0 Å². The molecule has 1 aromatic carbocycles. The minimum absolute atomic E-state index is 0.0995. The number of amides is 1. The molecule has 4 heterocycles. The number of anilines is 2. The van der Waals surface area contributed by atoms with E-state index in [0.29, 0.717) is 13.1 Å². The number of piperazine rings is 2. The van der Waals surface area contributed by atoms with Crippen LogP contribution in [0.4, 0.5) is 11.8 Å². The molecule has 0 aliphatic carbocycles. The monoisotopic (exact) mass is 436 g/mol.